The summed E-state index contributed by atoms with van der Waals surface area (Å²) < 4.78 is 4.56. The summed E-state index contributed by atoms with van der Waals surface area (Å²) >= 11 is 0. The maximum absolute atomic E-state index is 10.4. The minimum Gasteiger partial charge on any atom is -0.463 e. The minimum atomic E-state index is -0.731. The van der Waals surface area contributed by atoms with Crippen molar-refractivity contribution in [2.75, 3.05) is 19.8 Å². The van der Waals surface area contributed by atoms with Gasteiger partial charge in [0, 0.05) is 12.1 Å². The van der Waals surface area contributed by atoms with Crippen molar-refractivity contribution < 1.29 is 19.7 Å². The molecular weight excluding hydrogens is 186 g/mol. The van der Waals surface area contributed by atoms with Crippen LogP contribution < -0.4 is 5.73 Å². The Kier molecular flexibility index (Phi) is 11.3. The zero-order chi connectivity index (χ0) is 11.6. The highest BCUT2D eigenvalue weighted by Crippen LogP contribution is 1.89. The van der Waals surface area contributed by atoms with Gasteiger partial charge in [0.2, 0.25) is 0 Å². The molecule has 1 atom stereocenters. The van der Waals surface area contributed by atoms with Crippen molar-refractivity contribution in [2.45, 2.75) is 20.0 Å². The van der Waals surface area contributed by atoms with Crippen LogP contribution in [0.2, 0.25) is 0 Å². The van der Waals surface area contributed by atoms with E-state index in [1.54, 1.807) is 13.8 Å². The van der Waals surface area contributed by atoms with E-state index < -0.39 is 6.10 Å². The summed E-state index contributed by atoms with van der Waals surface area (Å²) in [6.45, 7) is 7.10. The molecule has 0 amide bonds. The summed E-state index contributed by atoms with van der Waals surface area (Å²) in [5.41, 5.74) is 5.32. The first kappa shape index (κ1) is 15.6. The highest BCUT2D eigenvalue weighted by Gasteiger charge is 1.98. The van der Waals surface area contributed by atoms with Gasteiger partial charge in [-0.15, -0.1) is 0 Å². The third-order valence-corrected chi connectivity index (χ3v) is 1.11. The first-order valence-electron chi connectivity index (χ1n) is 4.31. The smallest absolute Gasteiger partial charge is 0.333 e. The molecule has 0 fully saturated rings. The zero-order valence-corrected chi connectivity index (χ0v) is 8.69. The molecular formula is C9H19NO4. The fourth-order valence-electron chi connectivity index (χ4n) is 0.329. The number of rotatable bonds is 4. The number of nitrogens with two attached hydrogens (primary N) is 1. The van der Waals surface area contributed by atoms with Gasteiger partial charge in [-0.2, -0.15) is 0 Å². The standard InChI is InChI=1S/C6H10O2.C3H9NO2/c1-4-8-6(7)5(2)3;4-1-3(6)2-5/h2,4H2,1,3H3;3,5-6H,1-2,4H2. The Morgan fingerprint density at radius 1 is 1.64 bits per heavy atom. The number of ether oxygens (including phenoxy) is 1. The molecule has 0 aliphatic heterocycles. The van der Waals surface area contributed by atoms with Crippen molar-refractivity contribution in [3.05, 3.63) is 12.2 Å². The number of hydrogen-bond donors (Lipinski definition) is 3. The molecule has 84 valence electrons. The molecule has 0 bridgehead atoms. The molecule has 0 aromatic carbocycles. The van der Waals surface area contributed by atoms with Crippen LogP contribution in [0.15, 0.2) is 12.2 Å². The van der Waals surface area contributed by atoms with Gasteiger partial charge in [-0.25, -0.2) is 4.79 Å². The quantitative estimate of drug-likeness (QED) is 0.422. The maximum atomic E-state index is 10.4. The van der Waals surface area contributed by atoms with E-state index in [1.165, 1.54) is 0 Å². The van der Waals surface area contributed by atoms with Crippen LogP contribution in [0.1, 0.15) is 13.8 Å². The van der Waals surface area contributed by atoms with E-state index in [-0.39, 0.29) is 19.1 Å². The van der Waals surface area contributed by atoms with E-state index in [2.05, 4.69) is 11.3 Å². The Morgan fingerprint density at radius 2 is 2.14 bits per heavy atom. The molecule has 14 heavy (non-hydrogen) atoms. The van der Waals surface area contributed by atoms with Gasteiger partial charge in [0.1, 0.15) is 0 Å². The third kappa shape index (κ3) is 11.1. The molecule has 0 saturated heterocycles. The van der Waals surface area contributed by atoms with Crippen LogP contribution in [0, 0.1) is 0 Å². The number of carbonyl (C=O) groups excluding carboxylic acids is 1. The average molecular weight is 205 g/mol. The average Bonchev–Trinajstić information content (AvgIpc) is 2.18. The van der Waals surface area contributed by atoms with E-state index in [9.17, 15) is 4.79 Å². The minimum absolute atomic E-state index is 0.135. The van der Waals surface area contributed by atoms with Crippen molar-refractivity contribution in [2.24, 2.45) is 5.73 Å². The van der Waals surface area contributed by atoms with E-state index >= 15 is 0 Å². The Morgan fingerprint density at radius 3 is 2.21 bits per heavy atom. The molecule has 1 unspecified atom stereocenters. The number of carbonyl (C=O) groups is 1. The second-order valence-electron chi connectivity index (χ2n) is 2.57. The van der Waals surface area contributed by atoms with Crippen molar-refractivity contribution in [3.8, 4) is 0 Å². The number of aliphatic hydroxyl groups excluding tert-OH is 2. The molecule has 4 N–H and O–H groups in total. The van der Waals surface area contributed by atoms with Crippen LogP contribution in [-0.4, -0.2) is 42.0 Å². The van der Waals surface area contributed by atoms with Crippen LogP contribution >= 0.6 is 0 Å². The van der Waals surface area contributed by atoms with Gasteiger partial charge in [0.05, 0.1) is 19.3 Å². The van der Waals surface area contributed by atoms with Gasteiger partial charge in [-0.05, 0) is 13.8 Å². The first-order chi connectivity index (χ1) is 6.49. The lowest BCUT2D eigenvalue weighted by molar-refractivity contribution is -0.138. The lowest BCUT2D eigenvalue weighted by Gasteiger charge is -1.97. The largest absolute Gasteiger partial charge is 0.463 e. The zero-order valence-electron chi connectivity index (χ0n) is 8.69. The lowest BCUT2D eigenvalue weighted by Crippen LogP contribution is -2.22. The summed E-state index contributed by atoms with van der Waals surface area (Å²) in [5.74, 6) is -0.312. The lowest BCUT2D eigenvalue weighted by atomic mass is 10.4. The van der Waals surface area contributed by atoms with Gasteiger partial charge in [0.25, 0.3) is 0 Å². The van der Waals surface area contributed by atoms with Gasteiger partial charge < -0.3 is 20.7 Å². The molecule has 0 heterocycles. The van der Waals surface area contributed by atoms with Crippen LogP contribution in [0.5, 0.6) is 0 Å². The van der Waals surface area contributed by atoms with Crippen molar-refractivity contribution in [1.82, 2.24) is 0 Å². The summed E-state index contributed by atoms with van der Waals surface area (Å²) in [5, 5.41) is 16.3. The number of esters is 1. The second-order valence-corrected chi connectivity index (χ2v) is 2.57. The molecule has 5 nitrogen and oxygen atoms in total. The maximum Gasteiger partial charge on any atom is 0.333 e. The molecule has 0 rings (SSSR count). The van der Waals surface area contributed by atoms with Gasteiger partial charge >= 0.3 is 5.97 Å². The molecule has 0 saturated carbocycles. The van der Waals surface area contributed by atoms with Crippen LogP contribution in [-0.2, 0) is 9.53 Å². The Labute approximate surface area is 84.2 Å². The van der Waals surface area contributed by atoms with Crippen LogP contribution in [0.4, 0.5) is 0 Å². The Hall–Kier alpha value is -0.910. The highest BCUT2D eigenvalue weighted by atomic mass is 16.5. The first-order valence-corrected chi connectivity index (χ1v) is 4.31. The normalized spacial score (nSPS) is 10.9. The van der Waals surface area contributed by atoms with Crippen molar-refractivity contribution in [1.29, 1.82) is 0 Å². The van der Waals surface area contributed by atoms with Crippen molar-refractivity contribution >= 4 is 5.97 Å². The van der Waals surface area contributed by atoms with Crippen LogP contribution in [0.3, 0.4) is 0 Å². The van der Waals surface area contributed by atoms with Gasteiger partial charge in [-0.1, -0.05) is 6.58 Å². The Balaban J connectivity index is 0. The van der Waals surface area contributed by atoms with E-state index in [0.717, 1.165) is 0 Å². The molecule has 5 heteroatoms. The fraction of sp³-hybridized carbons (Fsp3) is 0.667. The molecule has 0 aromatic rings. The van der Waals surface area contributed by atoms with E-state index in [4.69, 9.17) is 15.9 Å². The monoisotopic (exact) mass is 205 g/mol. The summed E-state index contributed by atoms with van der Waals surface area (Å²) in [4.78, 5) is 10.4. The van der Waals surface area contributed by atoms with Crippen molar-refractivity contribution in [3.63, 3.8) is 0 Å². The molecule has 0 spiro atoms. The summed E-state index contributed by atoms with van der Waals surface area (Å²) in [7, 11) is 0. The number of aliphatic hydroxyl groups is 2. The van der Waals surface area contributed by atoms with Gasteiger partial charge in [-0.3, -0.25) is 0 Å². The molecule has 0 aliphatic rings. The Bertz CT molecular complexity index is 166. The molecule has 0 radical (unpaired) electrons. The predicted molar refractivity (Wildman–Crippen MR) is 53.6 cm³/mol. The molecule has 0 aromatic heterocycles. The van der Waals surface area contributed by atoms with E-state index in [0.29, 0.717) is 12.2 Å². The fourth-order valence-corrected chi connectivity index (χ4v) is 0.329. The van der Waals surface area contributed by atoms with Gasteiger partial charge in [0.15, 0.2) is 0 Å². The second kappa shape index (κ2) is 10.2. The summed E-state index contributed by atoms with van der Waals surface area (Å²) in [6.07, 6.45) is -0.731. The third-order valence-electron chi connectivity index (χ3n) is 1.11. The van der Waals surface area contributed by atoms with E-state index in [1.807, 2.05) is 0 Å². The molecule has 0 aliphatic carbocycles. The predicted octanol–water partition coefficient (Wildman–Crippen LogP) is -0.576. The highest BCUT2D eigenvalue weighted by molar-refractivity contribution is 5.86. The number of hydrogen-bond acceptors (Lipinski definition) is 5. The topological polar surface area (TPSA) is 92.8 Å². The summed E-state index contributed by atoms with van der Waals surface area (Å²) in [6, 6.07) is 0. The van der Waals surface area contributed by atoms with Crippen LogP contribution in [0.25, 0.3) is 0 Å². The SMILES string of the molecule is C=C(C)C(=O)OCC.NCC(O)CO.